The van der Waals surface area contributed by atoms with Crippen LogP contribution in [0.3, 0.4) is 0 Å². The lowest BCUT2D eigenvalue weighted by Gasteiger charge is -2.30. The molecule has 628 valence electrons. The summed E-state index contributed by atoms with van der Waals surface area (Å²) in [6.45, 7) is 9.61. The molecule has 133 heavy (non-hydrogen) atoms. The van der Waals surface area contributed by atoms with Gasteiger partial charge in [-0.3, -0.25) is 19.9 Å². The van der Waals surface area contributed by atoms with Crippen LogP contribution in [0.25, 0.3) is 197 Å². The van der Waals surface area contributed by atoms with E-state index in [9.17, 15) is 0 Å². The molecule has 0 radical (unpaired) electrons. The summed E-state index contributed by atoms with van der Waals surface area (Å²) in [6, 6.07) is 146. The summed E-state index contributed by atoms with van der Waals surface area (Å²) >= 11 is 3.75. The standard InChI is InChI=1S/C63H43N3.C37H25Br.C26H19N3/c1-63(2)57-36-50(43-23-22-40-12-3-4-14-42(40)30-43)31-44-24-25-45-32-51(37-58(63)62(45)61(44)57)53-26-27-60(56-20-8-7-19-55(53)56)66(59-21-9-15-41-13-5-6-18-54(41)59)52-34-48(46-16-10-28-64-38-46)33-49(35-52)47-17-11-29-65-39-47;1-37(2)32-20-27(24-12-11-22-7-3-4-8-23(22)17-24)18-25-13-14-26-19-28(21-33(37)36(26)35(25)32)29-15-16-34(38)31-10-6-5-9-30(29)31;1-2-10-25-19(6-1)7-3-11-26(25)29-24-15-22(20-8-4-12-27-17-20)14-23(16-24)21-9-5-13-28-18-21/h3-39H,1-2H3;3-21H,1-2H3;1-18,29H. The minimum Gasteiger partial charge on any atom is -0.355 e. The van der Waals surface area contributed by atoms with Gasteiger partial charge in [0.25, 0.3) is 0 Å². The normalized spacial score (nSPS) is 12.7. The van der Waals surface area contributed by atoms with Gasteiger partial charge in [-0.2, -0.15) is 0 Å². The van der Waals surface area contributed by atoms with E-state index in [0.29, 0.717) is 0 Å². The number of benzene rings is 20. The number of aromatic nitrogens is 4. The summed E-state index contributed by atoms with van der Waals surface area (Å²) in [5, 5.41) is 29.2. The fourth-order valence-electron chi connectivity index (χ4n) is 21.1. The van der Waals surface area contributed by atoms with Crippen molar-refractivity contribution in [2.75, 3.05) is 10.2 Å². The van der Waals surface area contributed by atoms with Gasteiger partial charge in [0.15, 0.2) is 0 Å². The molecule has 20 aromatic carbocycles. The number of hydrogen-bond acceptors (Lipinski definition) is 6. The van der Waals surface area contributed by atoms with Gasteiger partial charge in [0.1, 0.15) is 0 Å². The van der Waals surface area contributed by atoms with Crippen LogP contribution in [0.2, 0.25) is 0 Å². The fraction of sp³-hybridized carbons (Fsp3) is 0.0476. The number of fused-ring (bicyclic) bond motifs is 6. The zero-order chi connectivity index (χ0) is 89.0. The van der Waals surface area contributed by atoms with Crippen LogP contribution in [0.5, 0.6) is 0 Å². The van der Waals surface area contributed by atoms with Crippen molar-refractivity contribution in [3.05, 3.63) is 477 Å². The smallest absolute Gasteiger partial charge is 0.0540 e. The molecule has 0 aliphatic heterocycles. The van der Waals surface area contributed by atoms with Crippen molar-refractivity contribution in [1.29, 1.82) is 0 Å². The maximum absolute atomic E-state index is 4.53. The largest absolute Gasteiger partial charge is 0.355 e. The van der Waals surface area contributed by atoms with Gasteiger partial charge >= 0.3 is 0 Å². The lowest BCUT2D eigenvalue weighted by Crippen LogP contribution is -2.15. The van der Waals surface area contributed by atoms with Crippen molar-refractivity contribution in [3.63, 3.8) is 0 Å². The average molecular weight is 1770 g/mol. The van der Waals surface area contributed by atoms with Crippen LogP contribution >= 0.6 is 15.9 Å². The second kappa shape index (κ2) is 32.7. The van der Waals surface area contributed by atoms with Crippen molar-refractivity contribution in [1.82, 2.24) is 19.9 Å². The topological polar surface area (TPSA) is 66.8 Å². The highest BCUT2D eigenvalue weighted by Crippen LogP contribution is 2.56. The molecule has 4 heterocycles. The Kier molecular flexibility index (Phi) is 19.7. The third-order valence-electron chi connectivity index (χ3n) is 27.7. The monoisotopic (exact) mass is 1760 g/mol. The van der Waals surface area contributed by atoms with Crippen molar-refractivity contribution < 1.29 is 0 Å². The van der Waals surface area contributed by atoms with E-state index < -0.39 is 0 Å². The minimum absolute atomic E-state index is 0.0891. The minimum atomic E-state index is -0.199. The molecule has 26 rings (SSSR count). The third-order valence-corrected chi connectivity index (χ3v) is 28.4. The lowest BCUT2D eigenvalue weighted by molar-refractivity contribution is 0.663. The van der Waals surface area contributed by atoms with E-state index in [4.69, 9.17) is 0 Å². The number of nitrogens with one attached hydrogen (secondary N) is 1. The van der Waals surface area contributed by atoms with Crippen molar-refractivity contribution in [2.45, 2.75) is 38.5 Å². The molecule has 0 bridgehead atoms. The van der Waals surface area contributed by atoms with Gasteiger partial charge in [0.2, 0.25) is 0 Å². The number of halogens is 1. The van der Waals surface area contributed by atoms with Gasteiger partial charge < -0.3 is 10.2 Å². The molecule has 0 unspecified atom stereocenters. The quantitative estimate of drug-likeness (QED) is 0.116. The molecule has 0 saturated heterocycles. The molecule has 7 heteroatoms. The van der Waals surface area contributed by atoms with Crippen LogP contribution in [0, 0.1) is 0 Å². The molecular formula is C126H87BrN6. The predicted octanol–water partition coefficient (Wildman–Crippen LogP) is 34.8. The maximum atomic E-state index is 4.53. The SMILES string of the molecule is CC1(C)c2cc(-c3ccc4ccccc4c3)cc3ccc4cc(-c5ccc(Br)c6ccccc56)cc1c4c23.CC1(C)c2cc(-c3ccc4ccccc4c3)cc3ccc4cc(-c5ccc(N(c6cc(-c7cccnc7)cc(-c7cccnc7)c6)c6cccc7ccccc67)c6ccccc56)cc1c4c23.c1cncc(-c2cc(Nc3cccc4ccccc34)cc(-c3cccnc3)c2)c1. The Morgan fingerprint density at radius 1 is 0.226 bits per heavy atom. The second-order valence-electron chi connectivity index (χ2n) is 36.3. The first-order valence-electron chi connectivity index (χ1n) is 45.6. The highest BCUT2D eigenvalue weighted by molar-refractivity contribution is 9.10. The van der Waals surface area contributed by atoms with Gasteiger partial charge in [-0.15, -0.1) is 0 Å². The first-order valence-corrected chi connectivity index (χ1v) is 46.3. The number of anilines is 5. The van der Waals surface area contributed by atoms with Gasteiger partial charge in [0.05, 0.1) is 11.4 Å². The number of pyridine rings is 4. The molecular weight excluding hydrogens is 1680 g/mol. The van der Waals surface area contributed by atoms with E-state index in [2.05, 4.69) is 450 Å². The van der Waals surface area contributed by atoms with Crippen LogP contribution in [0.15, 0.2) is 454 Å². The summed E-state index contributed by atoms with van der Waals surface area (Å²) in [7, 11) is 0. The van der Waals surface area contributed by atoms with Crippen molar-refractivity contribution in [2.24, 2.45) is 0 Å². The van der Waals surface area contributed by atoms with E-state index in [1.165, 1.54) is 174 Å². The van der Waals surface area contributed by atoms with Gasteiger partial charge in [-0.25, -0.2) is 0 Å². The lowest BCUT2D eigenvalue weighted by atomic mass is 9.79. The molecule has 2 aliphatic carbocycles. The van der Waals surface area contributed by atoms with Crippen LogP contribution in [-0.2, 0) is 10.8 Å². The number of rotatable bonds is 13. The molecule has 4 aromatic heterocycles. The average Bonchev–Trinajstić information content (AvgIpc) is 1.55. The van der Waals surface area contributed by atoms with E-state index in [0.717, 1.165) is 77.4 Å². The Hall–Kier alpha value is -16.3. The Labute approximate surface area is 780 Å². The first kappa shape index (κ1) is 80.0. The Balaban J connectivity index is 0.000000122. The maximum Gasteiger partial charge on any atom is 0.0540 e. The zero-order valence-corrected chi connectivity index (χ0v) is 75.4. The van der Waals surface area contributed by atoms with E-state index >= 15 is 0 Å². The van der Waals surface area contributed by atoms with Crippen LogP contribution < -0.4 is 10.2 Å². The molecule has 2 aliphatic rings. The van der Waals surface area contributed by atoms with E-state index in [1.807, 2.05) is 61.4 Å². The second-order valence-corrected chi connectivity index (χ2v) is 37.2. The summed E-state index contributed by atoms with van der Waals surface area (Å²) < 4.78 is 1.14. The van der Waals surface area contributed by atoms with Crippen molar-refractivity contribution >= 4 is 152 Å². The van der Waals surface area contributed by atoms with Crippen LogP contribution in [-0.4, -0.2) is 19.9 Å². The van der Waals surface area contributed by atoms with Crippen LogP contribution in [0.1, 0.15) is 49.9 Å². The number of hydrogen-bond donors (Lipinski definition) is 1. The summed E-state index contributed by atoms with van der Waals surface area (Å²) in [5.74, 6) is 0. The Bertz CT molecular complexity index is 8690. The highest BCUT2D eigenvalue weighted by atomic mass is 79.9. The first-order chi connectivity index (χ1) is 65.3. The molecule has 0 saturated carbocycles. The van der Waals surface area contributed by atoms with Gasteiger partial charge in [-0.1, -0.05) is 298 Å². The molecule has 0 fully saturated rings. The molecule has 0 spiro atoms. The summed E-state index contributed by atoms with van der Waals surface area (Å²) in [5.41, 5.74) is 29.5. The predicted molar refractivity (Wildman–Crippen MR) is 565 cm³/mol. The Morgan fingerprint density at radius 3 is 1.03 bits per heavy atom. The van der Waals surface area contributed by atoms with Gasteiger partial charge in [0, 0.05) is 120 Å². The molecule has 6 nitrogen and oxygen atoms in total. The fourth-order valence-corrected chi connectivity index (χ4v) is 21.6. The number of nitrogens with zero attached hydrogens (tertiary/aromatic N) is 5. The molecule has 0 atom stereocenters. The summed E-state index contributed by atoms with van der Waals surface area (Å²) in [4.78, 5) is 20.1. The Morgan fingerprint density at radius 2 is 0.564 bits per heavy atom. The third kappa shape index (κ3) is 14.3. The summed E-state index contributed by atoms with van der Waals surface area (Å²) in [6.07, 6.45) is 14.9. The molecule has 0 amide bonds. The van der Waals surface area contributed by atoms with Crippen LogP contribution in [0.4, 0.5) is 28.4 Å². The van der Waals surface area contributed by atoms with Crippen molar-refractivity contribution in [3.8, 4) is 89.0 Å². The van der Waals surface area contributed by atoms with Gasteiger partial charge in [-0.05, 0) is 326 Å². The molecule has 1 N–H and O–H groups in total. The zero-order valence-electron chi connectivity index (χ0n) is 73.8. The van der Waals surface area contributed by atoms with E-state index in [1.54, 1.807) is 12.4 Å². The molecule has 24 aromatic rings. The highest BCUT2D eigenvalue weighted by Gasteiger charge is 2.38. The van der Waals surface area contributed by atoms with E-state index in [-0.39, 0.29) is 10.8 Å².